The fourth-order valence-electron chi connectivity index (χ4n) is 1.19. The van der Waals surface area contributed by atoms with Crippen LogP contribution >= 0.6 is 0 Å². The minimum Gasteiger partial charge on any atom is -0.478 e. The summed E-state index contributed by atoms with van der Waals surface area (Å²) in [4.78, 5) is 10.7. The molecule has 0 aliphatic rings. The number of rotatable bonds is 3. The maximum Gasteiger partial charge on any atom is 0.335 e. The summed E-state index contributed by atoms with van der Waals surface area (Å²) in [6.45, 7) is 1.57. The van der Waals surface area contributed by atoms with E-state index in [4.69, 9.17) is 10.4 Å². The number of nitrogens with zero attached hydrogens (tertiary/aromatic N) is 1. The van der Waals surface area contributed by atoms with E-state index in [0.29, 0.717) is 5.56 Å². The summed E-state index contributed by atoms with van der Waals surface area (Å²) in [6, 6.07) is 5.32. The van der Waals surface area contributed by atoms with Gasteiger partial charge in [0.2, 0.25) is 0 Å². The van der Waals surface area contributed by atoms with Gasteiger partial charge in [-0.25, -0.2) is 13.2 Å². The molecular formula is C10H9NO4S. The van der Waals surface area contributed by atoms with Crippen LogP contribution in [0.3, 0.4) is 0 Å². The minimum absolute atomic E-state index is 0.0704. The molecule has 0 aromatic heterocycles. The number of carbonyl (C=O) groups is 1. The first-order chi connectivity index (χ1) is 7.38. The predicted molar refractivity (Wildman–Crippen MR) is 55.8 cm³/mol. The molecule has 1 aromatic rings. The molecule has 0 unspecified atom stereocenters. The van der Waals surface area contributed by atoms with Gasteiger partial charge in [0.1, 0.15) is 5.75 Å². The molecule has 16 heavy (non-hydrogen) atoms. The van der Waals surface area contributed by atoms with Gasteiger partial charge in [0.05, 0.1) is 16.5 Å². The maximum atomic E-state index is 11.5. The van der Waals surface area contributed by atoms with E-state index in [1.165, 1.54) is 18.2 Å². The molecule has 0 atom stereocenters. The highest BCUT2D eigenvalue weighted by Crippen LogP contribution is 2.16. The zero-order valence-corrected chi connectivity index (χ0v) is 9.28. The largest absolute Gasteiger partial charge is 0.478 e. The smallest absolute Gasteiger partial charge is 0.335 e. The number of sulfone groups is 1. The Morgan fingerprint density at radius 3 is 2.62 bits per heavy atom. The van der Waals surface area contributed by atoms with E-state index in [-0.39, 0.29) is 10.5 Å². The number of carboxylic acids is 1. The first-order valence-corrected chi connectivity index (χ1v) is 5.97. The number of aromatic carboxylic acids is 1. The number of benzene rings is 1. The van der Waals surface area contributed by atoms with Crippen LogP contribution < -0.4 is 0 Å². The Kier molecular flexibility index (Phi) is 3.30. The van der Waals surface area contributed by atoms with Gasteiger partial charge >= 0.3 is 5.97 Å². The monoisotopic (exact) mass is 239 g/mol. The highest BCUT2D eigenvalue weighted by Gasteiger charge is 2.17. The fourth-order valence-corrected chi connectivity index (χ4v) is 2.10. The molecular weight excluding hydrogens is 230 g/mol. The normalized spacial score (nSPS) is 10.8. The van der Waals surface area contributed by atoms with E-state index in [0.717, 1.165) is 6.07 Å². The third-order valence-corrected chi connectivity index (χ3v) is 3.53. The highest BCUT2D eigenvalue weighted by molar-refractivity contribution is 7.91. The van der Waals surface area contributed by atoms with Gasteiger partial charge in [-0.2, -0.15) is 5.26 Å². The Hall–Kier alpha value is -1.87. The quantitative estimate of drug-likeness (QED) is 0.848. The van der Waals surface area contributed by atoms with Crippen LogP contribution in [0.2, 0.25) is 0 Å². The van der Waals surface area contributed by atoms with Gasteiger partial charge in [-0.15, -0.1) is 0 Å². The molecule has 1 rings (SSSR count). The molecule has 0 radical (unpaired) electrons. The van der Waals surface area contributed by atoms with Crippen LogP contribution in [0.4, 0.5) is 0 Å². The van der Waals surface area contributed by atoms with Crippen molar-refractivity contribution in [1.82, 2.24) is 0 Å². The minimum atomic E-state index is -3.71. The number of carboxylic acid groups (broad SMARTS) is 1. The van der Waals surface area contributed by atoms with Crippen molar-refractivity contribution >= 4 is 15.8 Å². The molecule has 0 aliphatic heterocycles. The summed E-state index contributed by atoms with van der Waals surface area (Å²) in [5.41, 5.74) is 0.405. The molecule has 0 saturated heterocycles. The van der Waals surface area contributed by atoms with Gasteiger partial charge in [0, 0.05) is 0 Å². The summed E-state index contributed by atoms with van der Waals surface area (Å²) in [7, 11) is -3.71. The molecule has 1 aromatic carbocycles. The van der Waals surface area contributed by atoms with E-state index < -0.39 is 21.6 Å². The van der Waals surface area contributed by atoms with Gasteiger partial charge in [-0.05, 0) is 24.6 Å². The van der Waals surface area contributed by atoms with Crippen LogP contribution in [0.15, 0.2) is 23.1 Å². The Morgan fingerprint density at radius 1 is 1.50 bits per heavy atom. The summed E-state index contributed by atoms with van der Waals surface area (Å²) >= 11 is 0. The zero-order chi connectivity index (χ0) is 12.3. The van der Waals surface area contributed by atoms with Gasteiger partial charge in [-0.1, -0.05) is 6.07 Å². The fraction of sp³-hybridized carbons (Fsp3) is 0.200. The summed E-state index contributed by atoms with van der Waals surface area (Å²) in [5.74, 6) is -1.85. The second kappa shape index (κ2) is 4.33. The molecule has 6 heteroatoms. The van der Waals surface area contributed by atoms with Crippen molar-refractivity contribution in [2.24, 2.45) is 0 Å². The van der Waals surface area contributed by atoms with Gasteiger partial charge in [0.25, 0.3) is 0 Å². The molecule has 5 nitrogen and oxygen atoms in total. The Bertz CT molecular complexity index is 569. The molecule has 0 fully saturated rings. The topological polar surface area (TPSA) is 95.2 Å². The molecule has 0 spiro atoms. The van der Waals surface area contributed by atoms with Crippen LogP contribution in [0.25, 0.3) is 0 Å². The van der Waals surface area contributed by atoms with Crippen LogP contribution in [-0.2, 0) is 9.84 Å². The van der Waals surface area contributed by atoms with Gasteiger partial charge in [-0.3, -0.25) is 0 Å². The molecule has 0 bridgehead atoms. The van der Waals surface area contributed by atoms with Crippen molar-refractivity contribution in [3.63, 3.8) is 0 Å². The number of hydrogen-bond donors (Lipinski definition) is 1. The molecule has 0 heterocycles. The van der Waals surface area contributed by atoms with E-state index in [2.05, 4.69) is 0 Å². The average molecular weight is 239 g/mol. The van der Waals surface area contributed by atoms with Crippen molar-refractivity contribution in [3.8, 4) is 6.07 Å². The third kappa shape index (κ3) is 2.38. The van der Waals surface area contributed by atoms with Crippen LogP contribution in [0.5, 0.6) is 0 Å². The molecule has 0 aliphatic carbocycles. The summed E-state index contributed by atoms with van der Waals surface area (Å²) in [5, 5.41) is 17.2. The van der Waals surface area contributed by atoms with Crippen molar-refractivity contribution in [3.05, 3.63) is 29.3 Å². The van der Waals surface area contributed by atoms with Crippen molar-refractivity contribution in [1.29, 1.82) is 5.26 Å². The van der Waals surface area contributed by atoms with Crippen LogP contribution in [0.1, 0.15) is 15.9 Å². The standard InChI is InChI=1S/C10H9NO4S/c1-7-2-3-8(6-9(7)10(12)13)16(14,15)5-4-11/h2-3,6H,5H2,1H3,(H,12,13). The first kappa shape index (κ1) is 12.2. The van der Waals surface area contributed by atoms with E-state index in [1.54, 1.807) is 6.92 Å². The first-order valence-electron chi connectivity index (χ1n) is 4.32. The molecule has 0 saturated carbocycles. The van der Waals surface area contributed by atoms with Crippen molar-refractivity contribution < 1.29 is 18.3 Å². The molecule has 84 valence electrons. The number of aryl methyl sites for hydroxylation is 1. The van der Waals surface area contributed by atoms with Crippen molar-refractivity contribution in [2.75, 3.05) is 5.75 Å². The number of hydrogen-bond acceptors (Lipinski definition) is 4. The molecule has 0 amide bonds. The lowest BCUT2D eigenvalue weighted by atomic mass is 10.1. The molecule has 1 N–H and O–H groups in total. The van der Waals surface area contributed by atoms with E-state index in [1.807, 2.05) is 0 Å². The maximum absolute atomic E-state index is 11.5. The lowest BCUT2D eigenvalue weighted by molar-refractivity contribution is 0.0696. The summed E-state index contributed by atoms with van der Waals surface area (Å²) < 4.78 is 23.0. The summed E-state index contributed by atoms with van der Waals surface area (Å²) in [6.07, 6.45) is 0. The second-order valence-electron chi connectivity index (χ2n) is 3.20. The van der Waals surface area contributed by atoms with Gasteiger partial charge in [0.15, 0.2) is 9.84 Å². The third-order valence-electron chi connectivity index (χ3n) is 2.05. The Balaban J connectivity index is 3.35. The van der Waals surface area contributed by atoms with Crippen molar-refractivity contribution in [2.45, 2.75) is 11.8 Å². The predicted octanol–water partition coefficient (Wildman–Crippen LogP) is 0.991. The Morgan fingerprint density at radius 2 is 2.12 bits per heavy atom. The number of nitriles is 1. The highest BCUT2D eigenvalue weighted by atomic mass is 32.2. The van der Waals surface area contributed by atoms with E-state index in [9.17, 15) is 13.2 Å². The van der Waals surface area contributed by atoms with Gasteiger partial charge < -0.3 is 5.11 Å². The second-order valence-corrected chi connectivity index (χ2v) is 5.19. The Labute approximate surface area is 92.9 Å². The SMILES string of the molecule is Cc1ccc(S(=O)(=O)CC#N)cc1C(=O)O. The lowest BCUT2D eigenvalue weighted by Gasteiger charge is -2.04. The van der Waals surface area contributed by atoms with Crippen LogP contribution in [0, 0.1) is 18.3 Å². The van der Waals surface area contributed by atoms with E-state index >= 15 is 0 Å². The van der Waals surface area contributed by atoms with Crippen LogP contribution in [-0.4, -0.2) is 25.2 Å². The zero-order valence-electron chi connectivity index (χ0n) is 8.47. The average Bonchev–Trinajstić information content (AvgIpc) is 2.17. The lowest BCUT2D eigenvalue weighted by Crippen LogP contribution is -2.08.